The second-order valence-electron chi connectivity index (χ2n) is 4.56. The molecule has 0 spiro atoms. The van der Waals surface area contributed by atoms with Crippen LogP contribution in [0.15, 0.2) is 40.9 Å². The van der Waals surface area contributed by atoms with E-state index in [0.29, 0.717) is 0 Å². The molecule has 2 aromatic rings. The van der Waals surface area contributed by atoms with Gasteiger partial charge in [0.25, 0.3) is 0 Å². The van der Waals surface area contributed by atoms with E-state index >= 15 is 0 Å². The first kappa shape index (κ1) is 15.4. The van der Waals surface area contributed by atoms with Crippen molar-refractivity contribution in [2.75, 3.05) is 14.2 Å². The number of ether oxygens (including phenoxy) is 1. The first-order valence-corrected chi connectivity index (χ1v) is 7.51. The van der Waals surface area contributed by atoms with E-state index in [2.05, 4.69) is 33.4 Å². The number of halogens is 2. The van der Waals surface area contributed by atoms with Crippen molar-refractivity contribution in [1.82, 2.24) is 5.32 Å². The van der Waals surface area contributed by atoms with Crippen molar-refractivity contribution in [3.05, 3.63) is 62.6 Å². The number of methoxy groups -OCH3 is 1. The number of benzene rings is 2. The minimum Gasteiger partial charge on any atom is -0.497 e. The van der Waals surface area contributed by atoms with E-state index < -0.39 is 0 Å². The molecule has 20 heavy (non-hydrogen) atoms. The summed E-state index contributed by atoms with van der Waals surface area (Å²) in [5.74, 6) is 0.832. The maximum Gasteiger partial charge on any atom is 0.120 e. The van der Waals surface area contributed by atoms with Gasteiger partial charge in [0, 0.05) is 9.50 Å². The van der Waals surface area contributed by atoms with Crippen LogP contribution in [0.4, 0.5) is 0 Å². The van der Waals surface area contributed by atoms with Gasteiger partial charge in [-0.3, -0.25) is 0 Å². The van der Waals surface area contributed by atoms with E-state index in [0.717, 1.165) is 26.4 Å². The van der Waals surface area contributed by atoms with Crippen LogP contribution in [0.2, 0.25) is 5.02 Å². The van der Waals surface area contributed by atoms with Crippen molar-refractivity contribution in [2.45, 2.75) is 13.0 Å². The van der Waals surface area contributed by atoms with Crippen LogP contribution >= 0.6 is 27.5 Å². The van der Waals surface area contributed by atoms with Gasteiger partial charge in [0.2, 0.25) is 0 Å². The van der Waals surface area contributed by atoms with Gasteiger partial charge in [-0.15, -0.1) is 0 Å². The summed E-state index contributed by atoms with van der Waals surface area (Å²) in [6.45, 7) is 2.04. The van der Waals surface area contributed by atoms with Crippen molar-refractivity contribution in [3.8, 4) is 5.75 Å². The Kier molecular flexibility index (Phi) is 5.08. The SMILES string of the molecule is CNC(c1ccc(OC)cc1Br)c1cccc(Cl)c1C. The molecule has 0 radical (unpaired) electrons. The van der Waals surface area contributed by atoms with Crippen molar-refractivity contribution in [1.29, 1.82) is 0 Å². The molecule has 1 N–H and O–H groups in total. The summed E-state index contributed by atoms with van der Waals surface area (Å²) in [6, 6.07) is 12.1. The normalized spacial score (nSPS) is 12.2. The minimum atomic E-state index is 0.0778. The van der Waals surface area contributed by atoms with Crippen LogP contribution in [0.3, 0.4) is 0 Å². The Balaban J connectivity index is 2.50. The summed E-state index contributed by atoms with van der Waals surface area (Å²) in [5, 5.41) is 4.14. The lowest BCUT2D eigenvalue weighted by atomic mass is 9.95. The van der Waals surface area contributed by atoms with E-state index in [9.17, 15) is 0 Å². The average Bonchev–Trinajstić information content (AvgIpc) is 2.45. The van der Waals surface area contributed by atoms with Crippen molar-refractivity contribution < 1.29 is 4.74 Å². The molecule has 0 saturated carbocycles. The second kappa shape index (κ2) is 6.61. The van der Waals surface area contributed by atoms with Gasteiger partial charge in [-0.2, -0.15) is 0 Å². The van der Waals surface area contributed by atoms with Crippen LogP contribution in [-0.4, -0.2) is 14.2 Å². The van der Waals surface area contributed by atoms with E-state index in [1.165, 1.54) is 5.56 Å². The first-order valence-electron chi connectivity index (χ1n) is 6.34. The molecule has 0 aliphatic heterocycles. The van der Waals surface area contributed by atoms with Crippen LogP contribution in [0.25, 0.3) is 0 Å². The van der Waals surface area contributed by atoms with Gasteiger partial charge in [0.15, 0.2) is 0 Å². The largest absolute Gasteiger partial charge is 0.497 e. The zero-order chi connectivity index (χ0) is 14.7. The van der Waals surface area contributed by atoms with Crippen LogP contribution in [-0.2, 0) is 0 Å². The number of nitrogens with one attached hydrogen (secondary N) is 1. The zero-order valence-corrected chi connectivity index (χ0v) is 14.0. The Morgan fingerprint density at radius 2 is 1.95 bits per heavy atom. The molecule has 2 rings (SSSR count). The molecular formula is C16H17BrClNO. The van der Waals surface area contributed by atoms with E-state index in [1.54, 1.807) is 7.11 Å². The molecule has 2 aromatic carbocycles. The molecule has 0 heterocycles. The van der Waals surface area contributed by atoms with Gasteiger partial charge in [-0.25, -0.2) is 0 Å². The van der Waals surface area contributed by atoms with Crippen LogP contribution < -0.4 is 10.1 Å². The predicted molar refractivity (Wildman–Crippen MR) is 87.8 cm³/mol. The first-order chi connectivity index (χ1) is 9.58. The standard InChI is InChI=1S/C16H17BrClNO/c1-10-12(5-4-6-15(10)18)16(19-2)13-8-7-11(20-3)9-14(13)17/h4-9,16,19H,1-3H3. The van der Waals surface area contributed by atoms with Gasteiger partial charge in [-0.1, -0.05) is 45.7 Å². The Morgan fingerprint density at radius 3 is 2.55 bits per heavy atom. The fourth-order valence-electron chi connectivity index (χ4n) is 2.28. The molecule has 0 amide bonds. The monoisotopic (exact) mass is 353 g/mol. The summed E-state index contributed by atoms with van der Waals surface area (Å²) >= 11 is 9.85. The van der Waals surface area contributed by atoms with E-state index in [4.69, 9.17) is 16.3 Å². The average molecular weight is 355 g/mol. The quantitative estimate of drug-likeness (QED) is 0.857. The lowest BCUT2D eigenvalue weighted by Gasteiger charge is -2.21. The fraction of sp³-hybridized carbons (Fsp3) is 0.250. The highest BCUT2D eigenvalue weighted by molar-refractivity contribution is 9.10. The summed E-state index contributed by atoms with van der Waals surface area (Å²) in [6.07, 6.45) is 0. The van der Waals surface area contributed by atoms with E-state index in [1.807, 2.05) is 38.2 Å². The highest BCUT2D eigenvalue weighted by Crippen LogP contribution is 2.34. The third kappa shape index (κ3) is 3.00. The maximum atomic E-state index is 6.23. The minimum absolute atomic E-state index is 0.0778. The van der Waals surface area contributed by atoms with Gasteiger partial charge >= 0.3 is 0 Å². The topological polar surface area (TPSA) is 21.3 Å². The molecule has 0 aliphatic rings. The Labute approximate surface area is 133 Å². The molecular weight excluding hydrogens is 338 g/mol. The molecule has 4 heteroatoms. The Bertz CT molecular complexity index is 615. The lowest BCUT2D eigenvalue weighted by Crippen LogP contribution is -2.19. The van der Waals surface area contributed by atoms with Gasteiger partial charge in [0.05, 0.1) is 13.2 Å². The molecule has 1 atom stereocenters. The molecule has 106 valence electrons. The zero-order valence-electron chi connectivity index (χ0n) is 11.7. The summed E-state index contributed by atoms with van der Waals surface area (Å²) in [4.78, 5) is 0. The highest BCUT2D eigenvalue weighted by atomic mass is 79.9. The smallest absolute Gasteiger partial charge is 0.120 e. The second-order valence-corrected chi connectivity index (χ2v) is 5.82. The van der Waals surface area contributed by atoms with E-state index in [-0.39, 0.29) is 6.04 Å². The number of hydrogen-bond donors (Lipinski definition) is 1. The number of hydrogen-bond acceptors (Lipinski definition) is 2. The Morgan fingerprint density at radius 1 is 1.20 bits per heavy atom. The van der Waals surface area contributed by atoms with Crippen molar-refractivity contribution >= 4 is 27.5 Å². The molecule has 0 bridgehead atoms. The summed E-state index contributed by atoms with van der Waals surface area (Å²) in [5.41, 5.74) is 3.42. The van der Waals surface area contributed by atoms with Gasteiger partial charge in [0.1, 0.15) is 5.75 Å². The van der Waals surface area contributed by atoms with Crippen molar-refractivity contribution in [2.24, 2.45) is 0 Å². The molecule has 2 nitrogen and oxygen atoms in total. The van der Waals surface area contributed by atoms with Crippen molar-refractivity contribution in [3.63, 3.8) is 0 Å². The van der Waals surface area contributed by atoms with Crippen LogP contribution in [0, 0.1) is 6.92 Å². The van der Waals surface area contributed by atoms with Gasteiger partial charge in [-0.05, 0) is 48.9 Å². The molecule has 0 aliphatic carbocycles. The molecule has 1 unspecified atom stereocenters. The highest BCUT2D eigenvalue weighted by Gasteiger charge is 2.18. The predicted octanol–water partition coefficient (Wildman–Crippen LogP) is 4.73. The lowest BCUT2D eigenvalue weighted by molar-refractivity contribution is 0.414. The molecule has 0 saturated heterocycles. The van der Waals surface area contributed by atoms with Crippen LogP contribution in [0.5, 0.6) is 5.75 Å². The summed E-state index contributed by atoms with van der Waals surface area (Å²) in [7, 11) is 3.61. The molecule has 0 fully saturated rings. The van der Waals surface area contributed by atoms with Gasteiger partial charge < -0.3 is 10.1 Å². The Hall–Kier alpha value is -1.03. The maximum absolute atomic E-state index is 6.23. The third-order valence-electron chi connectivity index (χ3n) is 3.43. The molecule has 0 aromatic heterocycles. The fourth-order valence-corrected chi connectivity index (χ4v) is 3.05. The third-order valence-corrected chi connectivity index (χ3v) is 4.52. The van der Waals surface area contributed by atoms with Crippen LogP contribution in [0.1, 0.15) is 22.7 Å². The number of rotatable bonds is 4. The summed E-state index contributed by atoms with van der Waals surface area (Å²) < 4.78 is 6.25.